The summed E-state index contributed by atoms with van der Waals surface area (Å²) >= 11 is 5.79. The quantitative estimate of drug-likeness (QED) is 0.424. The van der Waals surface area contributed by atoms with Crippen molar-refractivity contribution in [2.75, 3.05) is 4.90 Å². The van der Waals surface area contributed by atoms with E-state index >= 15 is 0 Å². The van der Waals surface area contributed by atoms with E-state index in [-0.39, 0.29) is 35.2 Å². The minimum Gasteiger partial charge on any atom is -0.295 e. The number of sulfonamides is 1. The predicted molar refractivity (Wildman–Crippen MR) is 93.7 cm³/mol. The highest BCUT2D eigenvalue weighted by molar-refractivity contribution is 7.89. The zero-order valence-electron chi connectivity index (χ0n) is 14.0. The molecule has 1 aliphatic rings. The Morgan fingerprint density at radius 3 is 2.36 bits per heavy atom. The van der Waals surface area contributed by atoms with Crippen LogP contribution >= 0.6 is 11.6 Å². The summed E-state index contributed by atoms with van der Waals surface area (Å²) < 4.78 is 80.9. The van der Waals surface area contributed by atoms with Gasteiger partial charge in [0.2, 0.25) is 16.4 Å². The standard InChI is InChI=1S/C17H13ClF4N2O3S/c18-11-2-1-3-13(8-11)28(26,27)23-16(6-7-16)24(10-25)15-5-4-12(19)9-14(15)17(20,21)22/h1-5,8-10,23H,6-7H2. The number of rotatable bonds is 6. The van der Waals surface area contributed by atoms with Crippen LogP contribution in [-0.4, -0.2) is 20.5 Å². The summed E-state index contributed by atoms with van der Waals surface area (Å²) in [4.78, 5) is 12.1. The first-order chi connectivity index (χ1) is 13.0. The molecule has 0 aromatic heterocycles. The summed E-state index contributed by atoms with van der Waals surface area (Å²) in [5, 5.41) is 0.151. The van der Waals surface area contributed by atoms with Gasteiger partial charge in [-0.2, -0.15) is 17.9 Å². The van der Waals surface area contributed by atoms with Crippen LogP contribution in [0.3, 0.4) is 0 Å². The first-order valence-electron chi connectivity index (χ1n) is 7.89. The van der Waals surface area contributed by atoms with Crippen LogP contribution < -0.4 is 9.62 Å². The molecule has 0 heterocycles. The van der Waals surface area contributed by atoms with Crippen LogP contribution in [0, 0.1) is 5.82 Å². The van der Waals surface area contributed by atoms with Gasteiger partial charge in [-0.05, 0) is 49.2 Å². The van der Waals surface area contributed by atoms with E-state index in [0.29, 0.717) is 4.90 Å². The lowest BCUT2D eigenvalue weighted by molar-refractivity contribution is -0.137. The summed E-state index contributed by atoms with van der Waals surface area (Å²) in [5.41, 5.74) is -3.61. The van der Waals surface area contributed by atoms with Crippen molar-refractivity contribution in [1.29, 1.82) is 0 Å². The zero-order chi connectivity index (χ0) is 20.7. The molecule has 0 saturated heterocycles. The number of nitrogens with zero attached hydrogens (tertiary/aromatic N) is 1. The minimum atomic E-state index is -4.94. The molecule has 0 radical (unpaired) electrons. The molecule has 28 heavy (non-hydrogen) atoms. The van der Waals surface area contributed by atoms with Gasteiger partial charge in [-0.1, -0.05) is 17.7 Å². The molecule has 2 aromatic carbocycles. The van der Waals surface area contributed by atoms with Gasteiger partial charge in [0.15, 0.2) is 0 Å². The molecule has 1 amide bonds. The lowest BCUT2D eigenvalue weighted by atomic mass is 10.1. The first kappa shape index (κ1) is 20.6. The molecule has 0 unspecified atom stereocenters. The maximum Gasteiger partial charge on any atom is 0.418 e. The fourth-order valence-corrected chi connectivity index (χ4v) is 4.50. The van der Waals surface area contributed by atoms with E-state index in [1.54, 1.807) is 0 Å². The lowest BCUT2D eigenvalue weighted by Gasteiger charge is -2.31. The molecule has 0 bridgehead atoms. The van der Waals surface area contributed by atoms with Crippen LogP contribution in [0.25, 0.3) is 0 Å². The average Bonchev–Trinajstić information content (AvgIpc) is 3.35. The molecule has 11 heteroatoms. The minimum absolute atomic E-state index is 0.0835. The van der Waals surface area contributed by atoms with Crippen molar-refractivity contribution in [3.8, 4) is 0 Å². The molecule has 0 aliphatic heterocycles. The van der Waals surface area contributed by atoms with Crippen molar-refractivity contribution >= 4 is 33.7 Å². The Balaban J connectivity index is 2.01. The van der Waals surface area contributed by atoms with Gasteiger partial charge in [0, 0.05) is 5.02 Å². The van der Waals surface area contributed by atoms with Crippen molar-refractivity contribution in [2.45, 2.75) is 29.6 Å². The molecular weight excluding hydrogens is 424 g/mol. The van der Waals surface area contributed by atoms with Gasteiger partial charge in [0.05, 0.1) is 16.1 Å². The maximum absolute atomic E-state index is 13.4. The summed E-state index contributed by atoms with van der Waals surface area (Å²) in [6.45, 7) is 0. The van der Waals surface area contributed by atoms with Gasteiger partial charge in [-0.25, -0.2) is 12.8 Å². The number of anilines is 1. The summed E-state index contributed by atoms with van der Waals surface area (Å²) in [6.07, 6.45) is -4.68. The highest BCUT2D eigenvalue weighted by Crippen LogP contribution is 2.46. The molecule has 1 aliphatic carbocycles. The number of benzene rings is 2. The molecule has 5 nitrogen and oxygen atoms in total. The third-order valence-corrected chi connectivity index (χ3v) is 6.00. The van der Waals surface area contributed by atoms with Gasteiger partial charge >= 0.3 is 6.18 Å². The van der Waals surface area contributed by atoms with Crippen molar-refractivity contribution < 1.29 is 30.8 Å². The van der Waals surface area contributed by atoms with E-state index in [0.717, 1.165) is 12.1 Å². The number of halogens is 5. The monoisotopic (exact) mass is 436 g/mol. The summed E-state index contributed by atoms with van der Waals surface area (Å²) in [7, 11) is -4.19. The molecule has 1 saturated carbocycles. The van der Waals surface area contributed by atoms with Crippen LogP contribution in [0.2, 0.25) is 5.02 Å². The van der Waals surface area contributed by atoms with Gasteiger partial charge in [0.1, 0.15) is 11.5 Å². The van der Waals surface area contributed by atoms with E-state index < -0.39 is 38.9 Å². The van der Waals surface area contributed by atoms with Crippen molar-refractivity contribution in [2.24, 2.45) is 0 Å². The van der Waals surface area contributed by atoms with Crippen LogP contribution in [0.4, 0.5) is 23.2 Å². The molecular formula is C17H13ClF4N2O3S. The Morgan fingerprint density at radius 2 is 1.82 bits per heavy atom. The zero-order valence-corrected chi connectivity index (χ0v) is 15.6. The second-order valence-corrected chi connectivity index (χ2v) is 8.35. The topological polar surface area (TPSA) is 66.5 Å². The molecule has 1 fully saturated rings. The molecule has 2 aromatic rings. The Bertz CT molecular complexity index is 1020. The van der Waals surface area contributed by atoms with Crippen LogP contribution in [-0.2, 0) is 21.0 Å². The Hall–Kier alpha value is -2.17. The summed E-state index contributed by atoms with van der Waals surface area (Å²) in [5.74, 6) is -1.13. The molecule has 3 rings (SSSR count). The van der Waals surface area contributed by atoms with Gasteiger partial charge < -0.3 is 0 Å². The number of hydrogen-bond acceptors (Lipinski definition) is 3. The number of amides is 1. The third-order valence-electron chi connectivity index (χ3n) is 4.24. The Labute approximate surface area is 163 Å². The average molecular weight is 437 g/mol. The molecule has 150 valence electrons. The van der Waals surface area contributed by atoms with E-state index in [4.69, 9.17) is 11.6 Å². The van der Waals surface area contributed by atoms with Crippen molar-refractivity contribution in [3.05, 3.63) is 58.9 Å². The van der Waals surface area contributed by atoms with E-state index in [1.807, 2.05) is 0 Å². The first-order valence-corrected chi connectivity index (χ1v) is 9.76. The van der Waals surface area contributed by atoms with Crippen molar-refractivity contribution in [3.63, 3.8) is 0 Å². The molecule has 0 spiro atoms. The van der Waals surface area contributed by atoms with E-state index in [2.05, 4.69) is 4.72 Å². The van der Waals surface area contributed by atoms with Crippen LogP contribution in [0.15, 0.2) is 47.4 Å². The maximum atomic E-state index is 13.4. The third kappa shape index (κ3) is 3.98. The second-order valence-electron chi connectivity index (χ2n) is 6.23. The van der Waals surface area contributed by atoms with Gasteiger partial charge in [0.25, 0.3) is 0 Å². The number of nitrogens with one attached hydrogen (secondary N) is 1. The smallest absolute Gasteiger partial charge is 0.295 e. The second kappa shape index (κ2) is 7.02. The van der Waals surface area contributed by atoms with Crippen LogP contribution in [0.5, 0.6) is 0 Å². The number of carbonyl (C=O) groups is 1. The number of hydrogen-bond donors (Lipinski definition) is 1. The fourth-order valence-electron chi connectivity index (χ4n) is 2.79. The highest BCUT2D eigenvalue weighted by Gasteiger charge is 2.53. The largest absolute Gasteiger partial charge is 0.418 e. The lowest BCUT2D eigenvalue weighted by Crippen LogP contribution is -2.50. The molecule has 0 atom stereocenters. The fraction of sp³-hybridized carbons (Fsp3) is 0.235. The van der Waals surface area contributed by atoms with Gasteiger partial charge in [-0.15, -0.1) is 0 Å². The highest BCUT2D eigenvalue weighted by atomic mass is 35.5. The van der Waals surface area contributed by atoms with Crippen molar-refractivity contribution in [1.82, 2.24) is 4.72 Å². The number of carbonyl (C=O) groups excluding carboxylic acids is 1. The Kier molecular flexibility index (Phi) is 5.15. The normalized spacial score (nSPS) is 15.9. The SMILES string of the molecule is O=CN(c1ccc(F)cc1C(F)(F)F)C1(NS(=O)(=O)c2cccc(Cl)c2)CC1. The predicted octanol–water partition coefficient (Wildman–Crippen LogP) is 3.93. The van der Waals surface area contributed by atoms with E-state index in [1.165, 1.54) is 24.3 Å². The Morgan fingerprint density at radius 1 is 1.14 bits per heavy atom. The molecule has 1 N–H and O–H groups in total. The van der Waals surface area contributed by atoms with E-state index in [9.17, 15) is 30.8 Å². The number of alkyl halides is 3. The van der Waals surface area contributed by atoms with Gasteiger partial charge in [-0.3, -0.25) is 9.69 Å². The summed E-state index contributed by atoms with van der Waals surface area (Å²) in [6, 6.07) is 7.10. The van der Waals surface area contributed by atoms with Crippen LogP contribution in [0.1, 0.15) is 18.4 Å².